The number of rotatable bonds is 8. The lowest BCUT2D eigenvalue weighted by molar-refractivity contribution is -0.125. The van der Waals surface area contributed by atoms with Gasteiger partial charge in [-0.15, -0.1) is 11.8 Å². The van der Waals surface area contributed by atoms with E-state index in [0.717, 1.165) is 4.90 Å². The zero-order valence-electron chi connectivity index (χ0n) is 14.7. The molecule has 0 fully saturated rings. The molecular formula is C19H21ClN2O3S. The standard InChI is InChI=1S/C19H21ClN2O3S/c1-22(2)18(23)13-26-17-6-4-3-5-16(17)19(24)21-11-12-25-15-9-7-14(20)8-10-15/h3-10H,11-13H2,1-2H3,(H,21,24). The van der Waals surface area contributed by atoms with E-state index < -0.39 is 0 Å². The summed E-state index contributed by atoms with van der Waals surface area (Å²) in [4.78, 5) is 26.5. The van der Waals surface area contributed by atoms with Crippen molar-refractivity contribution in [1.82, 2.24) is 10.2 Å². The molecule has 0 unspecified atom stereocenters. The minimum Gasteiger partial charge on any atom is -0.492 e. The largest absolute Gasteiger partial charge is 0.492 e. The molecule has 0 aliphatic carbocycles. The summed E-state index contributed by atoms with van der Waals surface area (Å²) in [5, 5.41) is 3.48. The first-order valence-corrected chi connectivity index (χ1v) is 9.42. The van der Waals surface area contributed by atoms with Crippen LogP contribution in [-0.4, -0.2) is 49.7 Å². The molecule has 2 aromatic carbocycles. The van der Waals surface area contributed by atoms with Crippen LogP contribution in [-0.2, 0) is 4.79 Å². The van der Waals surface area contributed by atoms with Crippen LogP contribution in [0.4, 0.5) is 0 Å². The van der Waals surface area contributed by atoms with Gasteiger partial charge in [0.15, 0.2) is 0 Å². The molecule has 0 heterocycles. The molecule has 2 amide bonds. The molecule has 2 aromatic rings. The smallest absolute Gasteiger partial charge is 0.252 e. The van der Waals surface area contributed by atoms with Gasteiger partial charge in [0.2, 0.25) is 5.91 Å². The fourth-order valence-electron chi connectivity index (χ4n) is 2.01. The first-order valence-electron chi connectivity index (χ1n) is 8.06. The van der Waals surface area contributed by atoms with Crippen LogP contribution in [0.2, 0.25) is 5.02 Å². The third kappa shape index (κ3) is 6.28. The van der Waals surface area contributed by atoms with Crippen LogP contribution in [0.15, 0.2) is 53.4 Å². The van der Waals surface area contributed by atoms with Crippen LogP contribution < -0.4 is 10.1 Å². The molecule has 0 radical (unpaired) electrons. The quantitative estimate of drug-likeness (QED) is 0.553. The average Bonchev–Trinajstić information content (AvgIpc) is 2.64. The Kier molecular flexibility index (Phi) is 7.81. The van der Waals surface area contributed by atoms with E-state index >= 15 is 0 Å². The number of carbonyl (C=O) groups excluding carboxylic acids is 2. The average molecular weight is 393 g/mol. The maximum atomic E-state index is 12.4. The number of halogens is 1. The summed E-state index contributed by atoms with van der Waals surface area (Å²) in [6, 6.07) is 14.3. The van der Waals surface area contributed by atoms with E-state index in [2.05, 4.69) is 5.32 Å². The predicted octanol–water partition coefficient (Wildman–Crippen LogP) is 3.33. The zero-order valence-corrected chi connectivity index (χ0v) is 16.3. The summed E-state index contributed by atoms with van der Waals surface area (Å²) in [5.74, 6) is 0.797. The minimum absolute atomic E-state index is 0.00146. The van der Waals surface area contributed by atoms with Gasteiger partial charge < -0.3 is 15.0 Å². The van der Waals surface area contributed by atoms with Crippen molar-refractivity contribution in [3.8, 4) is 5.75 Å². The molecule has 26 heavy (non-hydrogen) atoms. The van der Waals surface area contributed by atoms with Crippen LogP contribution in [0.5, 0.6) is 5.75 Å². The molecule has 0 atom stereocenters. The van der Waals surface area contributed by atoms with E-state index in [-0.39, 0.29) is 17.6 Å². The Balaban J connectivity index is 1.84. The Hall–Kier alpha value is -2.18. The Morgan fingerprint density at radius 2 is 1.81 bits per heavy atom. The van der Waals surface area contributed by atoms with Crippen molar-refractivity contribution in [2.75, 3.05) is 33.0 Å². The Morgan fingerprint density at radius 1 is 1.12 bits per heavy atom. The summed E-state index contributed by atoms with van der Waals surface area (Å²) in [7, 11) is 3.42. The number of nitrogens with zero attached hydrogens (tertiary/aromatic N) is 1. The van der Waals surface area contributed by atoms with Crippen molar-refractivity contribution in [1.29, 1.82) is 0 Å². The summed E-state index contributed by atoms with van der Waals surface area (Å²) in [6.07, 6.45) is 0. The summed E-state index contributed by atoms with van der Waals surface area (Å²) < 4.78 is 5.55. The van der Waals surface area contributed by atoms with Gasteiger partial charge >= 0.3 is 0 Å². The lowest BCUT2D eigenvalue weighted by atomic mass is 10.2. The topological polar surface area (TPSA) is 58.6 Å². The molecule has 7 heteroatoms. The normalized spacial score (nSPS) is 10.3. The third-order valence-corrected chi connectivity index (χ3v) is 4.76. The number of amides is 2. The molecule has 0 bridgehead atoms. The highest BCUT2D eigenvalue weighted by Crippen LogP contribution is 2.22. The van der Waals surface area contributed by atoms with E-state index in [1.807, 2.05) is 12.1 Å². The number of carbonyl (C=O) groups is 2. The molecule has 0 spiro atoms. The number of hydrogen-bond donors (Lipinski definition) is 1. The monoisotopic (exact) mass is 392 g/mol. The maximum Gasteiger partial charge on any atom is 0.252 e. The van der Waals surface area contributed by atoms with Gasteiger partial charge in [-0.05, 0) is 36.4 Å². The lowest BCUT2D eigenvalue weighted by Gasteiger charge is -2.12. The van der Waals surface area contributed by atoms with Gasteiger partial charge in [0.05, 0.1) is 17.9 Å². The number of benzene rings is 2. The molecule has 1 N–H and O–H groups in total. The highest BCUT2D eigenvalue weighted by molar-refractivity contribution is 8.00. The van der Waals surface area contributed by atoms with Crippen LogP contribution in [0.1, 0.15) is 10.4 Å². The fraction of sp³-hybridized carbons (Fsp3) is 0.263. The van der Waals surface area contributed by atoms with Crippen LogP contribution in [0, 0.1) is 0 Å². The molecule has 0 aliphatic heterocycles. The minimum atomic E-state index is -0.190. The summed E-state index contributed by atoms with van der Waals surface area (Å²) >= 11 is 7.17. The Morgan fingerprint density at radius 3 is 2.50 bits per heavy atom. The van der Waals surface area contributed by atoms with Crippen LogP contribution in [0.25, 0.3) is 0 Å². The van der Waals surface area contributed by atoms with Gasteiger partial charge in [-0.1, -0.05) is 23.7 Å². The fourth-order valence-corrected chi connectivity index (χ4v) is 3.16. The van der Waals surface area contributed by atoms with Gasteiger partial charge in [0.25, 0.3) is 5.91 Å². The first-order chi connectivity index (χ1) is 12.5. The van der Waals surface area contributed by atoms with Gasteiger partial charge in [0.1, 0.15) is 12.4 Å². The Bertz CT molecular complexity index is 751. The van der Waals surface area contributed by atoms with Crippen molar-refractivity contribution < 1.29 is 14.3 Å². The summed E-state index contributed by atoms with van der Waals surface area (Å²) in [5.41, 5.74) is 0.551. The molecule has 5 nitrogen and oxygen atoms in total. The second kappa shape index (κ2) is 10.1. The molecule has 2 rings (SSSR count). The number of nitrogens with one attached hydrogen (secondary N) is 1. The van der Waals surface area contributed by atoms with E-state index in [1.165, 1.54) is 16.7 Å². The number of thioether (sulfide) groups is 1. The van der Waals surface area contributed by atoms with Gasteiger partial charge in [-0.2, -0.15) is 0 Å². The highest BCUT2D eigenvalue weighted by Gasteiger charge is 2.13. The number of ether oxygens (including phenoxy) is 1. The Labute approximate surface area is 162 Å². The van der Waals surface area contributed by atoms with E-state index in [1.54, 1.807) is 50.5 Å². The third-order valence-electron chi connectivity index (χ3n) is 3.45. The predicted molar refractivity (Wildman–Crippen MR) is 105 cm³/mol. The molecule has 0 aromatic heterocycles. The van der Waals surface area contributed by atoms with E-state index in [4.69, 9.17) is 16.3 Å². The van der Waals surface area contributed by atoms with Gasteiger partial charge in [-0.25, -0.2) is 0 Å². The molecule has 0 saturated carbocycles. The zero-order chi connectivity index (χ0) is 18.9. The van der Waals surface area contributed by atoms with Crippen molar-refractivity contribution in [3.05, 3.63) is 59.1 Å². The lowest BCUT2D eigenvalue weighted by Crippen LogP contribution is -2.28. The summed E-state index contributed by atoms with van der Waals surface area (Å²) in [6.45, 7) is 0.721. The van der Waals surface area contributed by atoms with Gasteiger partial charge in [-0.3, -0.25) is 9.59 Å². The SMILES string of the molecule is CN(C)C(=O)CSc1ccccc1C(=O)NCCOc1ccc(Cl)cc1. The molecular weight excluding hydrogens is 372 g/mol. The van der Waals surface area contributed by atoms with E-state index in [0.29, 0.717) is 29.5 Å². The van der Waals surface area contributed by atoms with Crippen molar-refractivity contribution in [2.45, 2.75) is 4.90 Å². The van der Waals surface area contributed by atoms with Crippen molar-refractivity contribution in [3.63, 3.8) is 0 Å². The van der Waals surface area contributed by atoms with Crippen molar-refractivity contribution >= 4 is 35.2 Å². The number of hydrogen-bond acceptors (Lipinski definition) is 4. The van der Waals surface area contributed by atoms with Gasteiger partial charge in [0, 0.05) is 24.0 Å². The van der Waals surface area contributed by atoms with E-state index in [9.17, 15) is 9.59 Å². The second-order valence-electron chi connectivity index (χ2n) is 5.63. The molecule has 0 aliphatic rings. The van der Waals surface area contributed by atoms with Crippen LogP contribution in [0.3, 0.4) is 0 Å². The first kappa shape index (κ1) is 20.1. The van der Waals surface area contributed by atoms with Crippen molar-refractivity contribution in [2.24, 2.45) is 0 Å². The second-order valence-corrected chi connectivity index (χ2v) is 7.08. The van der Waals surface area contributed by atoms with Crippen LogP contribution >= 0.6 is 23.4 Å². The molecule has 0 saturated heterocycles. The highest BCUT2D eigenvalue weighted by atomic mass is 35.5. The molecule has 138 valence electrons. The maximum absolute atomic E-state index is 12.4.